The zero-order chi connectivity index (χ0) is 15.0. The van der Waals surface area contributed by atoms with Crippen LogP contribution in [0.25, 0.3) is 0 Å². The van der Waals surface area contributed by atoms with Crippen LogP contribution in [0.2, 0.25) is 0 Å². The number of anilines is 1. The minimum atomic E-state index is -0.687. The maximum atomic E-state index is 12.4. The van der Waals surface area contributed by atoms with Crippen LogP contribution in [0.3, 0.4) is 0 Å². The normalized spacial score (nSPS) is 13.8. The Kier molecular flexibility index (Phi) is 3.09. The van der Waals surface area contributed by atoms with Gasteiger partial charge >= 0.3 is 5.69 Å². The predicted octanol–water partition coefficient (Wildman–Crippen LogP) is -0.156. The lowest BCUT2D eigenvalue weighted by Crippen LogP contribution is -2.38. The van der Waals surface area contributed by atoms with Crippen LogP contribution in [-0.2, 0) is 13.0 Å². The fourth-order valence-electron chi connectivity index (χ4n) is 2.57. The topological polar surface area (TPSA) is 112 Å². The van der Waals surface area contributed by atoms with Crippen molar-refractivity contribution >= 4 is 11.6 Å². The molecule has 2 heterocycles. The number of carbonyl (C=O) groups is 1. The average Bonchev–Trinajstić information content (AvgIpc) is 2.45. The number of nitrogens with two attached hydrogens (primary N) is 1. The molecular formula is C14H14N4O3. The van der Waals surface area contributed by atoms with Crippen molar-refractivity contribution in [3.63, 3.8) is 0 Å². The lowest BCUT2D eigenvalue weighted by Gasteiger charge is -2.29. The summed E-state index contributed by atoms with van der Waals surface area (Å²) in [6.45, 7) is 0.906. The molecule has 0 aliphatic carbocycles. The van der Waals surface area contributed by atoms with E-state index in [1.165, 1.54) is 0 Å². The highest BCUT2D eigenvalue weighted by atomic mass is 16.2. The number of benzene rings is 1. The van der Waals surface area contributed by atoms with Crippen LogP contribution >= 0.6 is 0 Å². The van der Waals surface area contributed by atoms with Crippen molar-refractivity contribution in [2.75, 3.05) is 12.3 Å². The Balaban J connectivity index is 1.91. The zero-order valence-corrected chi connectivity index (χ0v) is 11.2. The number of nitrogens with one attached hydrogen (secondary N) is 2. The Hall–Kier alpha value is -2.83. The smallest absolute Gasteiger partial charge is 0.326 e. The maximum absolute atomic E-state index is 12.4. The molecule has 0 saturated carbocycles. The molecule has 2 aromatic rings. The fourth-order valence-corrected chi connectivity index (χ4v) is 2.57. The molecular weight excluding hydrogens is 272 g/mol. The van der Waals surface area contributed by atoms with Gasteiger partial charge in [-0.05, 0) is 23.6 Å². The third-order valence-corrected chi connectivity index (χ3v) is 3.58. The van der Waals surface area contributed by atoms with Crippen molar-refractivity contribution in [3.8, 4) is 0 Å². The van der Waals surface area contributed by atoms with Crippen LogP contribution in [0.4, 0.5) is 5.69 Å². The minimum absolute atomic E-state index is 0.00361. The lowest BCUT2D eigenvalue weighted by atomic mass is 9.98. The van der Waals surface area contributed by atoms with Crippen LogP contribution in [0.1, 0.15) is 21.6 Å². The van der Waals surface area contributed by atoms with Gasteiger partial charge in [-0.25, -0.2) is 4.79 Å². The van der Waals surface area contributed by atoms with Crippen LogP contribution in [-0.4, -0.2) is 27.3 Å². The van der Waals surface area contributed by atoms with Crippen molar-refractivity contribution in [3.05, 3.63) is 61.9 Å². The van der Waals surface area contributed by atoms with Gasteiger partial charge in [0, 0.05) is 24.8 Å². The van der Waals surface area contributed by atoms with Gasteiger partial charge in [0.05, 0.1) is 0 Å². The number of nitrogen functional groups attached to an aromatic ring is 1. The second-order valence-corrected chi connectivity index (χ2v) is 4.96. The summed E-state index contributed by atoms with van der Waals surface area (Å²) >= 11 is 0. The van der Waals surface area contributed by atoms with Gasteiger partial charge in [-0.1, -0.05) is 12.1 Å². The summed E-state index contributed by atoms with van der Waals surface area (Å²) in [5.41, 5.74) is 7.40. The van der Waals surface area contributed by atoms with Crippen molar-refractivity contribution in [2.45, 2.75) is 13.0 Å². The second-order valence-electron chi connectivity index (χ2n) is 4.96. The molecule has 4 N–H and O–H groups in total. The first-order chi connectivity index (χ1) is 10.0. The van der Waals surface area contributed by atoms with E-state index in [1.54, 1.807) is 4.90 Å². The molecule has 0 saturated heterocycles. The van der Waals surface area contributed by atoms with Gasteiger partial charge in [-0.3, -0.25) is 14.6 Å². The van der Waals surface area contributed by atoms with Crippen LogP contribution in [0.5, 0.6) is 0 Å². The molecule has 0 radical (unpaired) electrons. The highest BCUT2D eigenvalue weighted by molar-refractivity contribution is 5.92. The minimum Gasteiger partial charge on any atom is -0.398 e. The molecule has 0 bridgehead atoms. The van der Waals surface area contributed by atoms with Crippen molar-refractivity contribution in [2.24, 2.45) is 0 Å². The molecule has 0 atom stereocenters. The number of aromatic nitrogens is 2. The van der Waals surface area contributed by atoms with Crippen LogP contribution in [0, 0.1) is 0 Å². The summed E-state index contributed by atoms with van der Waals surface area (Å²) in [6, 6.07) is 6.70. The molecule has 7 heteroatoms. The lowest BCUT2D eigenvalue weighted by molar-refractivity contribution is 0.0728. The van der Waals surface area contributed by atoms with E-state index < -0.39 is 11.2 Å². The van der Waals surface area contributed by atoms with Crippen LogP contribution in [0.15, 0.2) is 33.9 Å². The summed E-state index contributed by atoms with van der Waals surface area (Å²) in [5.74, 6) is -0.369. The van der Waals surface area contributed by atoms with Gasteiger partial charge in [0.15, 0.2) is 0 Å². The van der Waals surface area contributed by atoms with E-state index in [4.69, 9.17) is 5.73 Å². The molecule has 1 amide bonds. The van der Waals surface area contributed by atoms with E-state index in [0.717, 1.165) is 22.9 Å². The van der Waals surface area contributed by atoms with Gasteiger partial charge in [0.2, 0.25) is 0 Å². The Bertz CT molecular complexity index is 793. The summed E-state index contributed by atoms with van der Waals surface area (Å²) < 4.78 is 0. The largest absolute Gasteiger partial charge is 0.398 e. The summed E-state index contributed by atoms with van der Waals surface area (Å²) in [7, 11) is 0. The third-order valence-electron chi connectivity index (χ3n) is 3.58. The number of amides is 1. The van der Waals surface area contributed by atoms with E-state index in [1.807, 2.05) is 23.2 Å². The Labute approximate surface area is 119 Å². The highest BCUT2D eigenvalue weighted by Crippen LogP contribution is 2.24. The van der Waals surface area contributed by atoms with E-state index in [-0.39, 0.29) is 11.6 Å². The molecule has 0 unspecified atom stereocenters. The first-order valence-electron chi connectivity index (χ1n) is 6.54. The number of H-pyrrole nitrogens is 2. The van der Waals surface area contributed by atoms with Crippen molar-refractivity contribution in [1.82, 2.24) is 14.9 Å². The number of nitrogens with zero attached hydrogens (tertiary/aromatic N) is 1. The van der Waals surface area contributed by atoms with E-state index in [9.17, 15) is 14.4 Å². The quantitative estimate of drug-likeness (QED) is 0.632. The summed E-state index contributed by atoms with van der Waals surface area (Å²) in [4.78, 5) is 40.9. The first-order valence-corrected chi connectivity index (χ1v) is 6.54. The SMILES string of the molecule is Nc1cccc2c1CCN(C(=O)c1cc(=O)[nH]c(=O)[nH]1)C2. The number of carbonyl (C=O) groups excluding carboxylic acids is 1. The third kappa shape index (κ3) is 2.45. The Morgan fingerprint density at radius 1 is 1.24 bits per heavy atom. The van der Waals surface area contributed by atoms with Gasteiger partial charge in [-0.15, -0.1) is 0 Å². The maximum Gasteiger partial charge on any atom is 0.326 e. The van der Waals surface area contributed by atoms with Gasteiger partial charge in [0.25, 0.3) is 11.5 Å². The second kappa shape index (κ2) is 4.93. The molecule has 21 heavy (non-hydrogen) atoms. The molecule has 3 rings (SSSR count). The number of fused-ring (bicyclic) bond motifs is 1. The van der Waals surface area contributed by atoms with Crippen molar-refractivity contribution < 1.29 is 4.79 Å². The Morgan fingerprint density at radius 3 is 2.81 bits per heavy atom. The summed E-state index contributed by atoms with van der Waals surface area (Å²) in [6.07, 6.45) is 0.654. The highest BCUT2D eigenvalue weighted by Gasteiger charge is 2.23. The molecule has 1 aromatic carbocycles. The standard InChI is InChI=1S/C14H14N4O3/c15-10-3-1-2-8-7-18(5-4-9(8)10)13(20)11-6-12(19)17-14(21)16-11/h1-3,6H,4-5,7,15H2,(H2,16,17,19,21). The van der Waals surface area contributed by atoms with Gasteiger partial charge < -0.3 is 15.6 Å². The molecule has 108 valence electrons. The number of rotatable bonds is 1. The zero-order valence-electron chi connectivity index (χ0n) is 11.2. The predicted molar refractivity (Wildman–Crippen MR) is 77.0 cm³/mol. The van der Waals surface area contributed by atoms with Crippen LogP contribution < -0.4 is 17.0 Å². The average molecular weight is 286 g/mol. The van der Waals surface area contributed by atoms with Gasteiger partial charge in [0.1, 0.15) is 5.69 Å². The van der Waals surface area contributed by atoms with Crippen molar-refractivity contribution in [1.29, 1.82) is 0 Å². The summed E-state index contributed by atoms with van der Waals surface area (Å²) in [5, 5.41) is 0. The molecule has 0 spiro atoms. The van der Waals surface area contributed by atoms with E-state index in [2.05, 4.69) is 4.98 Å². The Morgan fingerprint density at radius 2 is 2.05 bits per heavy atom. The fraction of sp³-hybridized carbons (Fsp3) is 0.214. The van der Waals surface area contributed by atoms with E-state index in [0.29, 0.717) is 19.5 Å². The molecule has 0 fully saturated rings. The molecule has 1 aliphatic rings. The van der Waals surface area contributed by atoms with E-state index >= 15 is 0 Å². The number of hydrogen-bond acceptors (Lipinski definition) is 4. The number of aromatic amines is 2. The molecule has 1 aromatic heterocycles. The monoisotopic (exact) mass is 286 g/mol. The number of hydrogen-bond donors (Lipinski definition) is 3. The van der Waals surface area contributed by atoms with Gasteiger partial charge in [-0.2, -0.15) is 0 Å². The first kappa shape index (κ1) is 13.2. The molecule has 1 aliphatic heterocycles. The molecule has 7 nitrogen and oxygen atoms in total.